The maximum absolute atomic E-state index is 15.3. The largest absolute Gasteiger partial charge is 0.480 e. The third-order valence-electron chi connectivity index (χ3n) is 6.52. The van der Waals surface area contributed by atoms with Gasteiger partial charge in [0.05, 0.1) is 10.7 Å². The lowest BCUT2D eigenvalue weighted by atomic mass is 9.85. The molecule has 0 aliphatic heterocycles. The molecule has 4 N–H and O–H groups in total. The van der Waals surface area contributed by atoms with Crippen LogP contribution in [0, 0.1) is 5.82 Å². The summed E-state index contributed by atoms with van der Waals surface area (Å²) in [6.07, 6.45) is -5.06. The summed E-state index contributed by atoms with van der Waals surface area (Å²) in [5, 5.41) is 19.9. The van der Waals surface area contributed by atoms with Crippen LogP contribution in [-0.4, -0.2) is 44.6 Å². The Morgan fingerprint density at radius 1 is 1.23 bits per heavy atom. The van der Waals surface area contributed by atoms with Crippen LogP contribution in [0.3, 0.4) is 0 Å². The zero-order chi connectivity index (χ0) is 30.0. The molecule has 0 spiro atoms. The molecule has 7 nitrogen and oxygen atoms in total. The molecule has 0 aliphatic carbocycles. The summed E-state index contributed by atoms with van der Waals surface area (Å²) in [7, 11) is 0. The van der Waals surface area contributed by atoms with E-state index in [1.54, 1.807) is 30.7 Å². The van der Waals surface area contributed by atoms with Gasteiger partial charge in [-0.2, -0.15) is 13.2 Å². The molecule has 2 unspecified atom stereocenters. The van der Waals surface area contributed by atoms with Crippen LogP contribution >= 0.6 is 11.6 Å². The number of primary amides is 1. The molecule has 2 aromatic carbocycles. The molecule has 0 radical (unpaired) electrons. The first-order valence-electron chi connectivity index (χ1n) is 12.6. The molecule has 0 saturated carbocycles. The summed E-state index contributed by atoms with van der Waals surface area (Å²) in [4.78, 5) is 16.6. The van der Waals surface area contributed by atoms with Gasteiger partial charge in [0.1, 0.15) is 23.0 Å². The van der Waals surface area contributed by atoms with Crippen molar-refractivity contribution in [3.8, 4) is 17.0 Å². The van der Waals surface area contributed by atoms with Gasteiger partial charge in [-0.25, -0.2) is 9.37 Å². The highest BCUT2D eigenvalue weighted by atomic mass is 35.5. The number of imidazole rings is 1. The number of aromatic nitrogens is 2. The van der Waals surface area contributed by atoms with Crippen LogP contribution in [0.1, 0.15) is 67.3 Å². The third kappa shape index (κ3) is 6.94. The normalized spacial score (nSPS) is 13.8. The van der Waals surface area contributed by atoms with Gasteiger partial charge >= 0.3 is 6.18 Å². The monoisotopic (exact) mass is 585 g/mol. The number of hydrogen-bond acceptors (Lipinski definition) is 5. The van der Waals surface area contributed by atoms with Gasteiger partial charge in [-0.05, 0) is 81.8 Å². The van der Waals surface area contributed by atoms with Crippen LogP contribution in [0.5, 0.6) is 5.75 Å². The van der Waals surface area contributed by atoms with Crippen molar-refractivity contribution in [3.63, 3.8) is 0 Å². The lowest BCUT2D eigenvalue weighted by Gasteiger charge is -2.24. The lowest BCUT2D eigenvalue weighted by molar-refractivity contribution is -0.189. The van der Waals surface area contributed by atoms with Gasteiger partial charge in [0.25, 0.3) is 0 Å². The van der Waals surface area contributed by atoms with E-state index in [9.17, 15) is 28.2 Å². The number of aliphatic hydroxyl groups is 2. The van der Waals surface area contributed by atoms with E-state index in [2.05, 4.69) is 4.98 Å². The number of aryl methyl sites for hydroxylation is 1. The quantitative estimate of drug-likeness (QED) is 0.249. The number of benzene rings is 2. The second kappa shape index (κ2) is 12.2. The van der Waals surface area contributed by atoms with Gasteiger partial charge in [-0.15, -0.1) is 0 Å². The molecule has 218 valence electrons. The second-order valence-corrected chi connectivity index (χ2v) is 10.4. The Morgan fingerprint density at radius 3 is 2.40 bits per heavy atom. The van der Waals surface area contributed by atoms with Crippen LogP contribution < -0.4 is 10.5 Å². The van der Waals surface area contributed by atoms with E-state index < -0.39 is 35.5 Å². The van der Waals surface area contributed by atoms with E-state index in [-0.39, 0.29) is 46.9 Å². The number of aliphatic hydroxyl groups excluding tert-OH is 1. The van der Waals surface area contributed by atoms with Crippen molar-refractivity contribution in [3.05, 3.63) is 69.9 Å². The summed E-state index contributed by atoms with van der Waals surface area (Å²) < 4.78 is 61.4. The van der Waals surface area contributed by atoms with Crippen LogP contribution in [0.4, 0.5) is 17.6 Å². The molecule has 0 saturated heterocycles. The zero-order valence-electron chi connectivity index (χ0n) is 22.5. The highest BCUT2D eigenvalue weighted by molar-refractivity contribution is 6.33. The smallest absolute Gasteiger partial charge is 0.425 e. The Bertz CT molecular complexity index is 1370. The fourth-order valence-electron chi connectivity index (χ4n) is 4.49. The molecule has 12 heteroatoms. The Balaban J connectivity index is 2.01. The van der Waals surface area contributed by atoms with E-state index in [0.29, 0.717) is 23.6 Å². The Kier molecular flexibility index (Phi) is 9.54. The number of nitrogens with zero attached hydrogens (tertiary/aromatic N) is 2. The highest BCUT2D eigenvalue weighted by Gasteiger charge is 2.39. The number of amides is 1. The molecule has 2 atom stereocenters. The van der Waals surface area contributed by atoms with Crippen LogP contribution in [-0.2, 0) is 18.6 Å². The molecular weight excluding hydrogens is 554 g/mol. The van der Waals surface area contributed by atoms with Crippen molar-refractivity contribution in [2.45, 2.75) is 70.9 Å². The van der Waals surface area contributed by atoms with Gasteiger partial charge in [-0.1, -0.05) is 17.7 Å². The maximum atomic E-state index is 15.3. The number of alkyl halides is 3. The van der Waals surface area contributed by atoms with Crippen molar-refractivity contribution in [1.82, 2.24) is 9.55 Å². The third-order valence-corrected chi connectivity index (χ3v) is 6.91. The molecule has 40 heavy (non-hydrogen) atoms. The van der Waals surface area contributed by atoms with Crippen molar-refractivity contribution in [2.75, 3.05) is 6.61 Å². The summed E-state index contributed by atoms with van der Waals surface area (Å²) in [5.41, 5.74) is 5.35. The number of rotatable bonds is 11. The Labute approximate surface area is 234 Å². The molecule has 0 fully saturated rings. The molecule has 1 amide bonds. The van der Waals surface area contributed by atoms with Gasteiger partial charge in [0, 0.05) is 30.5 Å². The standard InChI is InChI=1S/C28H32ClF4N3O4/c1-5-36-14-21(35-26(36)27(3,4)39)18-7-6-16(13-20(18)30)12-17(10-11-37)23-19(25(34)38)8-9-22(24(23)29)40-15(2)28(31,32)33/h6-9,13-15,17,37,39H,5,10-12H2,1-4H3,(H2,34,38). The van der Waals surface area contributed by atoms with Crippen LogP contribution in [0.15, 0.2) is 36.5 Å². The minimum Gasteiger partial charge on any atom is -0.480 e. The number of nitrogens with two attached hydrogens (primary N) is 1. The first kappa shape index (κ1) is 31.4. The topological polar surface area (TPSA) is 111 Å². The maximum Gasteiger partial charge on any atom is 0.425 e. The van der Waals surface area contributed by atoms with Crippen molar-refractivity contribution < 1.29 is 37.3 Å². The minimum atomic E-state index is -4.66. The fraction of sp³-hybridized carbons (Fsp3) is 0.429. The predicted molar refractivity (Wildman–Crippen MR) is 143 cm³/mol. The highest BCUT2D eigenvalue weighted by Crippen LogP contribution is 2.40. The van der Waals surface area contributed by atoms with E-state index >= 15 is 4.39 Å². The van der Waals surface area contributed by atoms with Gasteiger partial charge in [0.15, 0.2) is 6.10 Å². The number of hydrogen-bond donors (Lipinski definition) is 3. The van der Waals surface area contributed by atoms with E-state index in [4.69, 9.17) is 22.1 Å². The second-order valence-electron chi connectivity index (χ2n) is 10.0. The van der Waals surface area contributed by atoms with Crippen molar-refractivity contribution in [2.24, 2.45) is 5.73 Å². The predicted octanol–water partition coefficient (Wildman–Crippen LogP) is 5.73. The van der Waals surface area contributed by atoms with Crippen LogP contribution in [0.2, 0.25) is 5.02 Å². The fourth-order valence-corrected chi connectivity index (χ4v) is 4.86. The van der Waals surface area contributed by atoms with E-state index in [1.165, 1.54) is 18.2 Å². The van der Waals surface area contributed by atoms with Crippen molar-refractivity contribution in [1.29, 1.82) is 0 Å². The molecular formula is C28H32ClF4N3O4. The lowest BCUT2D eigenvalue weighted by Crippen LogP contribution is -2.31. The average Bonchev–Trinajstić information content (AvgIpc) is 3.29. The summed E-state index contributed by atoms with van der Waals surface area (Å²) in [6.45, 7) is 6.03. The molecule has 3 aromatic rings. The van der Waals surface area contributed by atoms with E-state index in [1.807, 2.05) is 6.92 Å². The minimum absolute atomic E-state index is 0.0446. The average molecular weight is 586 g/mol. The summed E-state index contributed by atoms with van der Waals surface area (Å²) >= 11 is 6.47. The molecule has 0 bridgehead atoms. The molecule has 1 heterocycles. The van der Waals surface area contributed by atoms with Crippen molar-refractivity contribution >= 4 is 17.5 Å². The number of halogens is 5. The number of carbonyl (C=O) groups is 1. The first-order chi connectivity index (χ1) is 18.6. The summed E-state index contributed by atoms with van der Waals surface area (Å²) in [5.74, 6) is -2.10. The molecule has 3 rings (SSSR count). The Hall–Kier alpha value is -3.15. The first-order valence-corrected chi connectivity index (χ1v) is 13.0. The zero-order valence-corrected chi connectivity index (χ0v) is 23.3. The van der Waals surface area contributed by atoms with Gasteiger partial charge in [0.2, 0.25) is 5.91 Å². The number of ether oxygens (including phenoxy) is 1. The van der Waals surface area contributed by atoms with Gasteiger partial charge < -0.3 is 25.3 Å². The SMILES string of the molecule is CCn1cc(-c2ccc(CC(CCO)c3c(C(N)=O)ccc(OC(C)C(F)(F)F)c3Cl)cc2F)nc1C(C)(C)O. The Morgan fingerprint density at radius 2 is 1.90 bits per heavy atom. The number of carbonyl (C=O) groups excluding carboxylic acids is 1. The van der Waals surface area contributed by atoms with E-state index in [0.717, 1.165) is 13.0 Å². The van der Waals surface area contributed by atoms with Gasteiger partial charge in [-0.3, -0.25) is 4.79 Å². The molecule has 1 aromatic heterocycles. The molecule has 0 aliphatic rings. The van der Waals surface area contributed by atoms with Crippen LogP contribution in [0.25, 0.3) is 11.3 Å². The summed E-state index contributed by atoms with van der Waals surface area (Å²) in [6, 6.07) is 6.80.